The zero-order chi connectivity index (χ0) is 61.3. The van der Waals surface area contributed by atoms with Crippen molar-refractivity contribution in [1.82, 2.24) is 16.1 Å². The molecule has 0 aliphatic heterocycles. The van der Waals surface area contributed by atoms with Gasteiger partial charge < -0.3 is 34.2 Å². The van der Waals surface area contributed by atoms with Crippen molar-refractivity contribution in [3.05, 3.63) is 154 Å². The molecule has 1 unspecified atom stereocenters. The van der Waals surface area contributed by atoms with Gasteiger partial charge in [0.15, 0.2) is 12.1 Å². The minimum absolute atomic E-state index is 0.0117. The van der Waals surface area contributed by atoms with Crippen LogP contribution in [0.2, 0.25) is 0 Å². The van der Waals surface area contributed by atoms with E-state index in [4.69, 9.17) is 39.4 Å². The number of carbonyl (C=O) groups is 5. The number of benzene rings is 4. The molecule has 2 aliphatic rings. The first-order valence-corrected chi connectivity index (χ1v) is 29.8. The van der Waals surface area contributed by atoms with E-state index in [2.05, 4.69) is 60.9 Å². The minimum atomic E-state index is -0.549. The number of ketones is 1. The van der Waals surface area contributed by atoms with E-state index >= 15 is 0 Å². The van der Waals surface area contributed by atoms with Crippen molar-refractivity contribution < 1.29 is 57.6 Å². The molecule has 0 heterocycles. The third kappa shape index (κ3) is 30.6. The van der Waals surface area contributed by atoms with E-state index in [9.17, 15) is 24.0 Å². The number of hydroxylamine groups is 1. The van der Waals surface area contributed by atoms with E-state index < -0.39 is 24.3 Å². The van der Waals surface area contributed by atoms with Crippen LogP contribution in [0.3, 0.4) is 0 Å². The predicted octanol–water partition coefficient (Wildman–Crippen LogP) is 11.2. The molecule has 0 saturated heterocycles. The highest BCUT2D eigenvalue weighted by molar-refractivity contribution is 5.94. The fourth-order valence-electron chi connectivity index (χ4n) is 8.69. The molecule has 2 saturated carbocycles. The molecule has 2 fully saturated rings. The van der Waals surface area contributed by atoms with Crippen LogP contribution < -0.4 is 21.8 Å². The number of amides is 1. The molecule has 4 aromatic carbocycles. The second kappa shape index (κ2) is 38.0. The number of aryl methyl sites for hydroxylation is 2. The van der Waals surface area contributed by atoms with Crippen LogP contribution in [0, 0.1) is 5.92 Å². The van der Waals surface area contributed by atoms with Gasteiger partial charge in [-0.2, -0.15) is 0 Å². The second-order valence-corrected chi connectivity index (χ2v) is 23.8. The largest absolute Gasteiger partial charge is 0.461 e. The fraction of sp³-hybridized carbons (Fsp3) is 0.515. The topological polar surface area (TPSA) is 223 Å². The summed E-state index contributed by atoms with van der Waals surface area (Å²) >= 11 is 0. The Bertz CT molecular complexity index is 2590. The van der Waals surface area contributed by atoms with Crippen LogP contribution in [0.15, 0.2) is 109 Å². The maximum atomic E-state index is 12.8. The first-order chi connectivity index (χ1) is 40.1. The predicted molar refractivity (Wildman–Crippen MR) is 330 cm³/mol. The number of esters is 2. The van der Waals surface area contributed by atoms with Crippen molar-refractivity contribution >= 4 is 42.1 Å². The van der Waals surface area contributed by atoms with E-state index in [-0.39, 0.29) is 54.3 Å². The van der Waals surface area contributed by atoms with Crippen LogP contribution in [-0.4, -0.2) is 103 Å². The van der Waals surface area contributed by atoms with E-state index in [1.165, 1.54) is 23.3 Å². The van der Waals surface area contributed by atoms with Gasteiger partial charge >= 0.3 is 11.9 Å². The molecule has 460 valence electrons. The van der Waals surface area contributed by atoms with Crippen molar-refractivity contribution in [3.8, 4) is 0 Å². The van der Waals surface area contributed by atoms with Gasteiger partial charge in [-0.3, -0.25) is 39.8 Å². The zero-order valence-electron chi connectivity index (χ0n) is 51.3. The number of nitrogens with one attached hydrogen (secondary N) is 3. The van der Waals surface area contributed by atoms with Crippen LogP contribution in [0.1, 0.15) is 169 Å². The first kappa shape index (κ1) is 70.3. The van der Waals surface area contributed by atoms with Crippen LogP contribution in [0.4, 0.5) is 0 Å². The average Bonchev–Trinajstić information content (AvgIpc) is 4.27. The van der Waals surface area contributed by atoms with Crippen LogP contribution in [-0.2, 0) is 80.1 Å². The number of hydrogen-bond acceptors (Lipinski definition) is 15. The van der Waals surface area contributed by atoms with Crippen molar-refractivity contribution in [3.63, 3.8) is 0 Å². The molecular formula is C68H96N4O12. The van der Waals surface area contributed by atoms with Crippen molar-refractivity contribution in [2.24, 2.45) is 11.7 Å². The van der Waals surface area contributed by atoms with Gasteiger partial charge in [-0.05, 0) is 176 Å². The lowest BCUT2D eigenvalue weighted by Crippen LogP contribution is -2.44. The minimum Gasteiger partial charge on any atom is -0.461 e. The van der Waals surface area contributed by atoms with Crippen molar-refractivity contribution in [2.75, 3.05) is 26.4 Å². The van der Waals surface area contributed by atoms with Crippen LogP contribution in [0.25, 0.3) is 12.2 Å². The van der Waals surface area contributed by atoms with Gasteiger partial charge in [0.1, 0.15) is 37.2 Å². The maximum absolute atomic E-state index is 12.8. The van der Waals surface area contributed by atoms with Gasteiger partial charge in [0.25, 0.3) is 5.91 Å². The second-order valence-electron chi connectivity index (χ2n) is 23.8. The quantitative estimate of drug-likeness (QED) is 0.00818. The van der Waals surface area contributed by atoms with Gasteiger partial charge in [-0.15, -0.1) is 0 Å². The normalized spacial score (nSPS) is 15.0. The maximum Gasteiger partial charge on any atom is 0.325 e. The first-order valence-electron chi connectivity index (χ1n) is 29.8. The smallest absolute Gasteiger partial charge is 0.325 e. The number of ether oxygens (including phenoxy) is 6. The summed E-state index contributed by atoms with van der Waals surface area (Å²) < 4.78 is 33.9. The standard InChI is InChI=1S/C31H42N2O5.C20H32N2O3.C17H22O4/c1-31(2,3)37-22-28(30(35)38-27-9-4-5-10-27)32-21-26-17-15-24(16-18-26)8-6-7-23-11-13-25(14-12-23)19-20-29(34)33-36;1-20(2,3)24-14-18(19(23)25-17-6-4-5-7-17)22-13-16-10-8-15(12-21)9-11-16;1-13(2)11-20-14(3)21-12-17(19)9-8-15-4-6-16(10-18)7-5-15/h11-20,27-28,32,36H,4-10,21-22H2,1-3H3,(H,33,34);8-11,17-18,22H,4-7,12-14,21H2,1-3H3;4-10,13-14H,11-12H2,1-3H3/b20-19+;;9-8+/t28-;18-;/m00./s1. The van der Waals surface area contributed by atoms with Crippen molar-refractivity contribution in [2.45, 2.75) is 194 Å². The summed E-state index contributed by atoms with van der Waals surface area (Å²) in [7, 11) is 0. The Morgan fingerprint density at radius 3 is 1.39 bits per heavy atom. The van der Waals surface area contributed by atoms with Crippen LogP contribution in [0.5, 0.6) is 0 Å². The van der Waals surface area contributed by atoms with Gasteiger partial charge in [0, 0.05) is 31.3 Å². The molecule has 6 N–H and O–H groups in total. The third-order valence-electron chi connectivity index (χ3n) is 13.6. The summed E-state index contributed by atoms with van der Waals surface area (Å²) in [6.45, 7) is 20.6. The molecule has 16 nitrogen and oxygen atoms in total. The number of carbonyl (C=O) groups excluding carboxylic acids is 5. The van der Waals surface area contributed by atoms with Gasteiger partial charge in [-0.25, -0.2) is 5.48 Å². The van der Waals surface area contributed by atoms with Gasteiger partial charge in [0.05, 0.1) is 31.0 Å². The van der Waals surface area contributed by atoms with Gasteiger partial charge in [0.2, 0.25) is 0 Å². The fourth-order valence-corrected chi connectivity index (χ4v) is 8.69. The molecule has 0 spiro atoms. The molecule has 2 aliphatic carbocycles. The lowest BCUT2D eigenvalue weighted by Gasteiger charge is -2.25. The molecule has 16 heteroatoms. The molecule has 6 rings (SSSR count). The highest BCUT2D eigenvalue weighted by Crippen LogP contribution is 2.23. The number of nitrogens with two attached hydrogens (primary N) is 1. The molecule has 84 heavy (non-hydrogen) atoms. The Hall–Kier alpha value is -6.21. The zero-order valence-corrected chi connectivity index (χ0v) is 51.3. The summed E-state index contributed by atoms with van der Waals surface area (Å²) in [5.41, 5.74) is 14.8. The summed E-state index contributed by atoms with van der Waals surface area (Å²) in [4.78, 5) is 58.7. The SMILES string of the molecule is CC(C)(C)OC[C@H](NCc1ccc(CCCc2ccc(/C=C/C(=O)NO)cc2)cc1)C(=O)OC1CCCC1.CC(C)(C)OC[C@H](NCc1ccc(CN)cc1)C(=O)OC1CCCC1.CC(C)COC(C)OCC(=O)/C=C/c1ccc(C=O)cc1. The van der Waals surface area contributed by atoms with Gasteiger partial charge in [-0.1, -0.05) is 117 Å². The van der Waals surface area contributed by atoms with Crippen molar-refractivity contribution in [1.29, 1.82) is 0 Å². The number of hydrogen-bond donors (Lipinski definition) is 5. The lowest BCUT2D eigenvalue weighted by atomic mass is 10.0. The van der Waals surface area contributed by atoms with E-state index in [1.54, 1.807) is 48.8 Å². The Morgan fingerprint density at radius 2 is 0.976 bits per heavy atom. The van der Waals surface area contributed by atoms with E-state index in [1.807, 2.05) is 77.9 Å². The Kier molecular flexibility index (Phi) is 31.8. The summed E-state index contributed by atoms with van der Waals surface area (Å²) in [6, 6.07) is 30.6. The summed E-state index contributed by atoms with van der Waals surface area (Å²) in [5.74, 6) is -0.685. The third-order valence-corrected chi connectivity index (χ3v) is 13.6. The average molecular weight is 1160 g/mol. The number of rotatable bonds is 30. The highest BCUT2D eigenvalue weighted by Gasteiger charge is 2.29. The summed E-state index contributed by atoms with van der Waals surface area (Å²) in [5, 5.41) is 15.2. The molecule has 3 atom stereocenters. The Morgan fingerprint density at radius 1 is 0.571 bits per heavy atom. The Labute approximate surface area is 500 Å². The van der Waals surface area contributed by atoms with E-state index in [0.29, 0.717) is 44.3 Å². The molecular weight excluding hydrogens is 1060 g/mol. The lowest BCUT2D eigenvalue weighted by molar-refractivity contribution is -0.155. The highest BCUT2D eigenvalue weighted by atomic mass is 16.7. The molecule has 0 aromatic heterocycles. The van der Waals surface area contributed by atoms with E-state index in [0.717, 1.165) is 105 Å². The Balaban J connectivity index is 0.000000286. The van der Waals surface area contributed by atoms with Crippen LogP contribution >= 0.6 is 0 Å². The number of aldehydes is 1. The monoisotopic (exact) mass is 1160 g/mol. The summed E-state index contributed by atoms with van der Waals surface area (Å²) in [6.07, 6.45) is 17.9. The molecule has 0 radical (unpaired) electrons. The molecule has 1 amide bonds. The molecule has 0 bridgehead atoms. The molecule has 4 aromatic rings.